The molecule has 8 heteroatoms. The van der Waals surface area contributed by atoms with Crippen molar-refractivity contribution in [2.24, 2.45) is 5.92 Å². The zero-order chi connectivity index (χ0) is 23.1. The molecule has 3 N–H and O–H groups in total. The highest BCUT2D eigenvalue weighted by atomic mass is 16.5. The van der Waals surface area contributed by atoms with E-state index in [0.717, 1.165) is 6.54 Å². The second-order valence-corrected chi connectivity index (χ2v) is 8.21. The number of rotatable bonds is 3. The van der Waals surface area contributed by atoms with Gasteiger partial charge in [0.05, 0.1) is 11.7 Å². The van der Waals surface area contributed by atoms with E-state index >= 15 is 0 Å². The smallest absolute Gasteiger partial charge is 0.323 e. The zero-order valence-corrected chi connectivity index (χ0v) is 19.1. The summed E-state index contributed by atoms with van der Waals surface area (Å²) in [6.45, 7) is 5.73. The normalized spacial score (nSPS) is 22.1. The van der Waals surface area contributed by atoms with E-state index in [9.17, 15) is 9.59 Å². The van der Waals surface area contributed by atoms with Crippen molar-refractivity contribution in [2.75, 3.05) is 44.5 Å². The molecule has 1 heterocycles. The summed E-state index contributed by atoms with van der Waals surface area (Å²) in [6, 6.07) is 13.9. The van der Waals surface area contributed by atoms with Gasteiger partial charge < -0.3 is 30.3 Å². The van der Waals surface area contributed by atoms with Gasteiger partial charge in [0, 0.05) is 50.7 Å². The Morgan fingerprint density at radius 2 is 1.84 bits per heavy atom. The molecule has 0 spiro atoms. The van der Waals surface area contributed by atoms with Crippen LogP contribution in [0.2, 0.25) is 0 Å². The van der Waals surface area contributed by atoms with Crippen LogP contribution in [0.1, 0.15) is 24.2 Å². The number of urea groups is 1. The van der Waals surface area contributed by atoms with Gasteiger partial charge in [0.2, 0.25) is 0 Å². The molecule has 3 amide bonds. The number of nitrogens with zero attached hydrogens (tertiary/aromatic N) is 1. The monoisotopic (exact) mass is 440 g/mol. The number of carbonyl (C=O) groups excluding carboxylic acids is 2. The Labute approximate surface area is 189 Å². The van der Waals surface area contributed by atoms with Crippen molar-refractivity contribution < 1.29 is 19.1 Å². The van der Waals surface area contributed by atoms with Crippen LogP contribution in [-0.2, 0) is 4.74 Å². The fourth-order valence-electron chi connectivity index (χ4n) is 3.55. The van der Waals surface area contributed by atoms with Crippen LogP contribution in [-0.4, -0.2) is 62.8 Å². The largest absolute Gasteiger partial charge is 0.491 e. The molecule has 0 saturated heterocycles. The van der Waals surface area contributed by atoms with Gasteiger partial charge in [-0.1, -0.05) is 25.1 Å². The van der Waals surface area contributed by atoms with Gasteiger partial charge in [-0.05, 0) is 37.1 Å². The SMILES string of the molecule is CO[C@H]1CN(C)C(=O)c2ccc(NC(=O)Nc3ccccc3)cc2OC[C@@H](C)NC[C@H]1C. The molecular weight excluding hydrogens is 408 g/mol. The third kappa shape index (κ3) is 6.21. The summed E-state index contributed by atoms with van der Waals surface area (Å²) >= 11 is 0. The first kappa shape index (κ1) is 23.6. The topological polar surface area (TPSA) is 91.9 Å². The number of likely N-dealkylation sites (N-methyl/N-ethyl adjacent to an activating group) is 1. The zero-order valence-electron chi connectivity index (χ0n) is 19.1. The van der Waals surface area contributed by atoms with Crippen LogP contribution in [0.3, 0.4) is 0 Å². The van der Waals surface area contributed by atoms with Crippen molar-refractivity contribution in [3.05, 3.63) is 54.1 Å². The van der Waals surface area contributed by atoms with Crippen molar-refractivity contribution in [1.82, 2.24) is 10.2 Å². The number of benzene rings is 2. The van der Waals surface area contributed by atoms with Crippen molar-refractivity contribution in [3.63, 3.8) is 0 Å². The molecule has 1 aliphatic heterocycles. The van der Waals surface area contributed by atoms with Gasteiger partial charge in [-0.3, -0.25) is 4.79 Å². The van der Waals surface area contributed by atoms with E-state index in [0.29, 0.717) is 35.8 Å². The van der Waals surface area contributed by atoms with Gasteiger partial charge >= 0.3 is 6.03 Å². The molecule has 0 fully saturated rings. The average molecular weight is 441 g/mol. The van der Waals surface area contributed by atoms with Gasteiger partial charge in [0.15, 0.2) is 0 Å². The van der Waals surface area contributed by atoms with E-state index in [-0.39, 0.29) is 30.0 Å². The van der Waals surface area contributed by atoms with Crippen molar-refractivity contribution in [3.8, 4) is 5.75 Å². The number of carbonyl (C=O) groups is 2. The molecule has 2 aromatic rings. The first-order valence-electron chi connectivity index (χ1n) is 10.8. The molecule has 0 aromatic heterocycles. The molecule has 0 unspecified atom stereocenters. The maximum atomic E-state index is 13.2. The van der Waals surface area contributed by atoms with E-state index in [4.69, 9.17) is 9.47 Å². The quantitative estimate of drug-likeness (QED) is 0.680. The number of hydrogen-bond donors (Lipinski definition) is 3. The van der Waals surface area contributed by atoms with Crippen molar-refractivity contribution >= 4 is 23.3 Å². The summed E-state index contributed by atoms with van der Waals surface area (Å²) in [5.41, 5.74) is 1.66. The molecule has 0 bridgehead atoms. The van der Waals surface area contributed by atoms with Gasteiger partial charge in [0.1, 0.15) is 12.4 Å². The van der Waals surface area contributed by atoms with Crippen LogP contribution in [0, 0.1) is 5.92 Å². The summed E-state index contributed by atoms with van der Waals surface area (Å²) in [4.78, 5) is 27.2. The molecule has 0 radical (unpaired) electrons. The highest BCUT2D eigenvalue weighted by Gasteiger charge is 2.25. The molecule has 0 aliphatic carbocycles. The third-order valence-corrected chi connectivity index (χ3v) is 5.52. The van der Waals surface area contributed by atoms with Crippen LogP contribution < -0.4 is 20.7 Å². The number of nitrogens with one attached hydrogen (secondary N) is 3. The molecular formula is C24H32N4O4. The van der Waals surface area contributed by atoms with Crippen LogP contribution >= 0.6 is 0 Å². The summed E-state index contributed by atoms with van der Waals surface area (Å²) in [5, 5.41) is 9.03. The van der Waals surface area contributed by atoms with Crippen LogP contribution in [0.5, 0.6) is 5.75 Å². The Morgan fingerprint density at radius 3 is 2.56 bits per heavy atom. The lowest BCUT2D eigenvalue weighted by molar-refractivity contribution is 0.0281. The molecule has 8 nitrogen and oxygen atoms in total. The lowest BCUT2D eigenvalue weighted by atomic mass is 10.0. The first-order valence-corrected chi connectivity index (χ1v) is 10.8. The Bertz CT molecular complexity index is 921. The highest BCUT2D eigenvalue weighted by Crippen LogP contribution is 2.26. The fourth-order valence-corrected chi connectivity index (χ4v) is 3.55. The number of para-hydroxylation sites is 1. The van der Waals surface area contributed by atoms with Gasteiger partial charge in [0.25, 0.3) is 5.91 Å². The van der Waals surface area contributed by atoms with E-state index in [2.05, 4.69) is 22.9 Å². The number of anilines is 2. The minimum absolute atomic E-state index is 0.0769. The predicted molar refractivity (Wildman–Crippen MR) is 125 cm³/mol. The van der Waals surface area contributed by atoms with Crippen LogP contribution in [0.25, 0.3) is 0 Å². The van der Waals surface area contributed by atoms with Gasteiger partial charge in [-0.15, -0.1) is 0 Å². The fraction of sp³-hybridized carbons (Fsp3) is 0.417. The van der Waals surface area contributed by atoms with Gasteiger partial charge in [-0.2, -0.15) is 0 Å². The van der Waals surface area contributed by atoms with Crippen LogP contribution in [0.15, 0.2) is 48.5 Å². The molecule has 32 heavy (non-hydrogen) atoms. The number of ether oxygens (including phenoxy) is 2. The Balaban J connectivity index is 1.81. The molecule has 3 rings (SSSR count). The maximum absolute atomic E-state index is 13.2. The van der Waals surface area contributed by atoms with Gasteiger partial charge in [-0.25, -0.2) is 4.79 Å². The lowest BCUT2D eigenvalue weighted by Crippen LogP contribution is -2.44. The molecule has 2 aromatic carbocycles. The van der Waals surface area contributed by atoms with E-state index in [1.54, 1.807) is 49.4 Å². The van der Waals surface area contributed by atoms with E-state index in [1.807, 2.05) is 25.1 Å². The van der Waals surface area contributed by atoms with E-state index < -0.39 is 0 Å². The maximum Gasteiger partial charge on any atom is 0.323 e. The van der Waals surface area contributed by atoms with Crippen LogP contribution in [0.4, 0.5) is 16.2 Å². The number of amides is 3. The van der Waals surface area contributed by atoms with E-state index in [1.165, 1.54) is 0 Å². The Kier molecular flexibility index (Phi) is 8.08. The van der Waals surface area contributed by atoms with Crippen molar-refractivity contribution in [2.45, 2.75) is 26.0 Å². The second kappa shape index (κ2) is 11.0. The minimum Gasteiger partial charge on any atom is -0.491 e. The van der Waals surface area contributed by atoms with Crippen molar-refractivity contribution in [1.29, 1.82) is 0 Å². The minimum atomic E-state index is -0.375. The Morgan fingerprint density at radius 1 is 1.12 bits per heavy atom. The molecule has 3 atom stereocenters. The summed E-state index contributed by atoms with van der Waals surface area (Å²) in [7, 11) is 3.43. The third-order valence-electron chi connectivity index (χ3n) is 5.52. The number of fused-ring (bicyclic) bond motifs is 1. The molecule has 1 aliphatic rings. The predicted octanol–water partition coefficient (Wildman–Crippen LogP) is 3.42. The summed E-state index contributed by atoms with van der Waals surface area (Å²) < 4.78 is 11.6. The summed E-state index contributed by atoms with van der Waals surface area (Å²) in [6.07, 6.45) is -0.0879. The first-order chi connectivity index (χ1) is 15.4. The molecule has 0 saturated carbocycles. The summed E-state index contributed by atoms with van der Waals surface area (Å²) in [5.74, 6) is 0.498. The number of methoxy groups -OCH3 is 1. The standard InChI is InChI=1S/C24H32N4O4/c1-16-13-25-17(2)15-32-21-12-19(27-24(30)26-18-8-6-5-7-9-18)10-11-20(21)23(29)28(3)14-22(16)31-4/h5-12,16-17,22,25H,13-15H2,1-4H3,(H2,26,27,30)/t16-,17-,22+/m1/s1. The lowest BCUT2D eigenvalue weighted by Gasteiger charge is -2.30. The number of hydrogen-bond acceptors (Lipinski definition) is 5. The molecule has 172 valence electrons. The second-order valence-electron chi connectivity index (χ2n) is 8.21. The Hall–Kier alpha value is -3.10. The highest BCUT2D eigenvalue weighted by molar-refractivity contribution is 6.01. The average Bonchev–Trinajstić information content (AvgIpc) is 2.79.